The molecule has 1 saturated heterocycles. The molecule has 172 valence electrons. The van der Waals surface area contributed by atoms with Gasteiger partial charge in [-0.2, -0.15) is 4.31 Å². The van der Waals surface area contributed by atoms with Crippen molar-refractivity contribution < 1.29 is 36.3 Å². The van der Waals surface area contributed by atoms with Gasteiger partial charge in [-0.3, -0.25) is 4.79 Å². The molecule has 0 saturated carbocycles. The summed E-state index contributed by atoms with van der Waals surface area (Å²) in [6.45, 7) is 0.675. The number of esters is 1. The fraction of sp³-hybridized carbons (Fsp3) is 0.217. The number of ether oxygens (including phenoxy) is 2. The largest absolute Gasteiger partial charge is 0.451 e. The highest BCUT2D eigenvalue weighted by Crippen LogP contribution is 2.23. The van der Waals surface area contributed by atoms with Crippen LogP contribution in [0.2, 0.25) is 0 Å². The topological polar surface area (TPSA) is 103 Å². The molecule has 10 heteroatoms. The van der Waals surface area contributed by atoms with Crippen molar-refractivity contribution in [2.24, 2.45) is 0 Å². The van der Waals surface area contributed by atoms with Crippen LogP contribution in [0.3, 0.4) is 0 Å². The van der Waals surface area contributed by atoms with E-state index < -0.39 is 34.2 Å². The number of sulfonamides is 1. The summed E-state index contributed by atoms with van der Waals surface area (Å²) in [6.07, 6.45) is 0. The van der Waals surface area contributed by atoms with Gasteiger partial charge >= 0.3 is 5.97 Å². The molecule has 1 aliphatic rings. The molecule has 1 aromatic heterocycles. The molecule has 0 aliphatic carbocycles. The first kappa shape index (κ1) is 22.8. The summed E-state index contributed by atoms with van der Waals surface area (Å²) < 4.78 is 55.3. The van der Waals surface area contributed by atoms with Gasteiger partial charge < -0.3 is 13.9 Å². The predicted molar refractivity (Wildman–Crippen MR) is 115 cm³/mol. The number of ketones is 1. The van der Waals surface area contributed by atoms with E-state index in [-0.39, 0.29) is 29.3 Å². The van der Waals surface area contributed by atoms with Crippen LogP contribution in [-0.2, 0) is 19.5 Å². The smallest absolute Gasteiger partial charge is 0.374 e. The molecule has 8 nitrogen and oxygen atoms in total. The Morgan fingerprint density at radius 3 is 2.27 bits per heavy atom. The van der Waals surface area contributed by atoms with E-state index in [1.165, 1.54) is 58.9 Å². The molecule has 0 radical (unpaired) electrons. The highest BCUT2D eigenvalue weighted by molar-refractivity contribution is 7.89. The molecule has 1 fully saturated rings. The fourth-order valence-electron chi connectivity index (χ4n) is 3.25. The zero-order valence-corrected chi connectivity index (χ0v) is 18.2. The quantitative estimate of drug-likeness (QED) is 0.384. The van der Waals surface area contributed by atoms with E-state index in [0.29, 0.717) is 24.5 Å². The van der Waals surface area contributed by atoms with Crippen LogP contribution in [0, 0.1) is 5.82 Å². The van der Waals surface area contributed by atoms with Crippen LogP contribution in [0.5, 0.6) is 0 Å². The zero-order valence-electron chi connectivity index (χ0n) is 17.4. The first-order chi connectivity index (χ1) is 15.8. The number of furan rings is 1. The van der Waals surface area contributed by atoms with E-state index in [4.69, 9.17) is 13.9 Å². The Labute approximate surface area is 189 Å². The maximum absolute atomic E-state index is 13.0. The van der Waals surface area contributed by atoms with Gasteiger partial charge in [-0.15, -0.1) is 0 Å². The number of morpholine rings is 1. The third kappa shape index (κ3) is 5.19. The number of benzene rings is 2. The number of halogens is 1. The molecular weight excluding hydrogens is 453 g/mol. The summed E-state index contributed by atoms with van der Waals surface area (Å²) in [5.74, 6) is -1.47. The first-order valence-corrected chi connectivity index (χ1v) is 11.5. The van der Waals surface area contributed by atoms with Crippen LogP contribution in [0.15, 0.2) is 70.0 Å². The van der Waals surface area contributed by atoms with Gasteiger partial charge in [-0.25, -0.2) is 17.6 Å². The summed E-state index contributed by atoms with van der Waals surface area (Å²) in [5, 5.41) is 0. The van der Waals surface area contributed by atoms with Gasteiger partial charge in [0, 0.05) is 24.2 Å². The Kier molecular flexibility index (Phi) is 6.68. The van der Waals surface area contributed by atoms with E-state index in [1.807, 2.05) is 0 Å². The van der Waals surface area contributed by atoms with E-state index in [1.54, 1.807) is 6.07 Å². The summed E-state index contributed by atoms with van der Waals surface area (Å²) in [7, 11) is -3.67. The molecule has 0 unspecified atom stereocenters. The number of carbonyl (C=O) groups excluding carboxylic acids is 2. The minimum Gasteiger partial charge on any atom is -0.451 e. The van der Waals surface area contributed by atoms with Gasteiger partial charge in [0.2, 0.25) is 15.8 Å². The number of hydrogen-bond donors (Lipinski definition) is 0. The van der Waals surface area contributed by atoms with Crippen LogP contribution >= 0.6 is 0 Å². The average Bonchev–Trinajstić information content (AvgIpc) is 3.34. The minimum absolute atomic E-state index is 0.0712. The number of carbonyl (C=O) groups is 2. The predicted octanol–water partition coefficient (Wildman–Crippen LogP) is 3.15. The molecule has 0 spiro atoms. The molecule has 0 amide bonds. The van der Waals surface area contributed by atoms with Crippen LogP contribution in [-0.4, -0.2) is 57.4 Å². The van der Waals surface area contributed by atoms with Crippen LogP contribution in [0.25, 0.3) is 11.3 Å². The Hall–Kier alpha value is -3.34. The highest BCUT2D eigenvalue weighted by atomic mass is 32.2. The lowest BCUT2D eigenvalue weighted by Crippen LogP contribution is -2.40. The summed E-state index contributed by atoms with van der Waals surface area (Å²) in [5.41, 5.74) is 0.786. The second kappa shape index (κ2) is 9.65. The number of nitrogens with zero attached hydrogens (tertiary/aromatic N) is 1. The van der Waals surface area contributed by atoms with E-state index in [0.717, 1.165) is 0 Å². The number of rotatable bonds is 7. The third-order valence-corrected chi connectivity index (χ3v) is 6.97. The maximum Gasteiger partial charge on any atom is 0.374 e. The number of hydrogen-bond acceptors (Lipinski definition) is 7. The molecule has 2 aromatic carbocycles. The highest BCUT2D eigenvalue weighted by Gasteiger charge is 2.26. The van der Waals surface area contributed by atoms with E-state index in [9.17, 15) is 22.4 Å². The molecule has 0 bridgehead atoms. The maximum atomic E-state index is 13.0. The summed E-state index contributed by atoms with van der Waals surface area (Å²) in [4.78, 5) is 24.7. The van der Waals surface area contributed by atoms with Crippen molar-refractivity contribution in [1.82, 2.24) is 4.31 Å². The fourth-order valence-corrected chi connectivity index (χ4v) is 4.66. The van der Waals surface area contributed by atoms with Gasteiger partial charge in [-0.05, 0) is 60.7 Å². The molecule has 0 atom stereocenters. The van der Waals surface area contributed by atoms with Gasteiger partial charge in [0.15, 0.2) is 12.4 Å². The van der Waals surface area contributed by atoms with Gasteiger partial charge in [-0.1, -0.05) is 0 Å². The van der Waals surface area contributed by atoms with Crippen molar-refractivity contribution in [3.63, 3.8) is 0 Å². The second-order valence-electron chi connectivity index (χ2n) is 7.21. The van der Waals surface area contributed by atoms with Crippen molar-refractivity contribution >= 4 is 21.8 Å². The van der Waals surface area contributed by atoms with Crippen molar-refractivity contribution in [3.8, 4) is 11.3 Å². The minimum atomic E-state index is -3.67. The number of Topliss-reactive ketones (excluding diaryl/α,β-unsaturated/α-hetero) is 1. The third-order valence-electron chi connectivity index (χ3n) is 5.05. The van der Waals surface area contributed by atoms with Crippen molar-refractivity contribution in [2.45, 2.75) is 4.90 Å². The lowest BCUT2D eigenvalue weighted by atomic mass is 10.1. The normalized spacial score (nSPS) is 14.7. The lowest BCUT2D eigenvalue weighted by molar-refractivity contribution is 0.0445. The molecule has 33 heavy (non-hydrogen) atoms. The van der Waals surface area contributed by atoms with Gasteiger partial charge in [0.1, 0.15) is 11.6 Å². The molecule has 1 aliphatic heterocycles. The Morgan fingerprint density at radius 2 is 1.61 bits per heavy atom. The summed E-state index contributed by atoms with van der Waals surface area (Å²) in [6, 6.07) is 14.0. The average molecular weight is 473 g/mol. The van der Waals surface area contributed by atoms with E-state index >= 15 is 0 Å². The SMILES string of the molecule is O=C(COC(=O)c1ccc(-c2ccc(F)cc2)o1)c1ccc(S(=O)(=O)N2CCOCC2)cc1. The standard InChI is InChI=1S/C23H20FNO7S/c24-18-5-1-17(2-6-18)21-9-10-22(32-21)23(27)31-15-20(26)16-3-7-19(8-4-16)33(28,29)25-11-13-30-14-12-25/h1-10H,11-15H2. The van der Waals surface area contributed by atoms with Crippen molar-refractivity contribution in [2.75, 3.05) is 32.9 Å². The van der Waals surface area contributed by atoms with Crippen molar-refractivity contribution in [1.29, 1.82) is 0 Å². The van der Waals surface area contributed by atoms with Gasteiger partial charge in [0.05, 0.1) is 18.1 Å². The molecule has 4 rings (SSSR count). The van der Waals surface area contributed by atoms with Crippen LogP contribution in [0.1, 0.15) is 20.9 Å². The van der Waals surface area contributed by atoms with Gasteiger partial charge in [0.25, 0.3) is 0 Å². The Morgan fingerprint density at radius 1 is 0.939 bits per heavy atom. The zero-order chi connectivity index (χ0) is 23.4. The lowest BCUT2D eigenvalue weighted by Gasteiger charge is -2.26. The van der Waals surface area contributed by atoms with E-state index in [2.05, 4.69) is 0 Å². The molecule has 3 aromatic rings. The monoisotopic (exact) mass is 473 g/mol. The molecule has 0 N–H and O–H groups in total. The summed E-state index contributed by atoms with van der Waals surface area (Å²) >= 11 is 0. The second-order valence-corrected chi connectivity index (χ2v) is 9.15. The van der Waals surface area contributed by atoms with Crippen molar-refractivity contribution in [3.05, 3.63) is 77.8 Å². The van der Waals surface area contributed by atoms with Crippen LogP contribution in [0.4, 0.5) is 4.39 Å². The van der Waals surface area contributed by atoms with Crippen LogP contribution < -0.4 is 0 Å². The first-order valence-electron chi connectivity index (χ1n) is 10.1. The molecule has 2 heterocycles. The Balaban J connectivity index is 1.36. The molecular formula is C23H20FNO7S. The Bertz CT molecular complexity index is 1240.